The van der Waals surface area contributed by atoms with E-state index in [0.29, 0.717) is 19.5 Å². The zero-order valence-electron chi connectivity index (χ0n) is 11.5. The van der Waals surface area contributed by atoms with E-state index < -0.39 is 12.0 Å². The number of rotatable bonds is 7. The number of aromatic nitrogens is 5. The van der Waals surface area contributed by atoms with E-state index in [0.717, 1.165) is 17.1 Å². The van der Waals surface area contributed by atoms with E-state index >= 15 is 0 Å². The summed E-state index contributed by atoms with van der Waals surface area (Å²) < 4.78 is 1.76. The van der Waals surface area contributed by atoms with E-state index in [9.17, 15) is 9.90 Å². The lowest BCUT2D eigenvalue weighted by Gasteiger charge is -2.14. The van der Waals surface area contributed by atoms with Gasteiger partial charge in [-0.2, -0.15) is 5.10 Å². The molecule has 0 fully saturated rings. The van der Waals surface area contributed by atoms with Crippen molar-refractivity contribution in [1.82, 2.24) is 30.5 Å². The molecule has 2 aromatic heterocycles. The molecule has 1 atom stereocenters. The minimum atomic E-state index is -0.896. The Morgan fingerprint density at radius 1 is 1.60 bits per heavy atom. The topological polar surface area (TPSA) is 109 Å². The first-order valence-electron chi connectivity index (χ1n) is 6.45. The predicted molar refractivity (Wildman–Crippen MR) is 71.0 cm³/mol. The molecule has 0 aliphatic heterocycles. The van der Waals surface area contributed by atoms with Gasteiger partial charge in [0.15, 0.2) is 0 Å². The van der Waals surface area contributed by atoms with Crippen LogP contribution in [0.2, 0.25) is 0 Å². The average Bonchev–Trinajstić information content (AvgIpc) is 3.04. The van der Waals surface area contributed by atoms with Crippen molar-refractivity contribution in [1.29, 1.82) is 0 Å². The maximum Gasteiger partial charge on any atom is 0.321 e. The largest absolute Gasteiger partial charge is 0.480 e. The maximum absolute atomic E-state index is 11.3. The molecule has 0 saturated heterocycles. The van der Waals surface area contributed by atoms with Crippen LogP contribution < -0.4 is 5.32 Å². The van der Waals surface area contributed by atoms with Crippen LogP contribution in [0.15, 0.2) is 12.3 Å². The summed E-state index contributed by atoms with van der Waals surface area (Å²) in [4.78, 5) is 11.3. The van der Waals surface area contributed by atoms with Gasteiger partial charge < -0.3 is 5.11 Å². The van der Waals surface area contributed by atoms with Crippen LogP contribution in [0, 0.1) is 6.92 Å². The molecule has 20 heavy (non-hydrogen) atoms. The number of carboxylic acid groups (broad SMARTS) is 1. The van der Waals surface area contributed by atoms with Gasteiger partial charge in [-0.15, -0.1) is 5.10 Å². The Bertz CT molecular complexity index is 563. The number of carboxylic acids is 1. The monoisotopic (exact) mass is 278 g/mol. The van der Waals surface area contributed by atoms with Crippen molar-refractivity contribution in [2.24, 2.45) is 0 Å². The Hall–Kier alpha value is -2.22. The van der Waals surface area contributed by atoms with E-state index in [1.807, 2.05) is 13.8 Å². The van der Waals surface area contributed by atoms with Crippen LogP contribution in [-0.2, 0) is 24.3 Å². The van der Waals surface area contributed by atoms with Crippen molar-refractivity contribution in [3.63, 3.8) is 0 Å². The zero-order chi connectivity index (χ0) is 14.5. The summed E-state index contributed by atoms with van der Waals surface area (Å²) >= 11 is 0. The van der Waals surface area contributed by atoms with Gasteiger partial charge in [-0.05, 0) is 19.9 Å². The molecule has 0 aliphatic carbocycles. The molecule has 0 saturated carbocycles. The Labute approximate surface area is 116 Å². The lowest BCUT2D eigenvalue weighted by Crippen LogP contribution is -2.38. The van der Waals surface area contributed by atoms with Gasteiger partial charge in [-0.3, -0.25) is 15.2 Å². The van der Waals surface area contributed by atoms with Gasteiger partial charge in [0.2, 0.25) is 0 Å². The third-order valence-corrected chi connectivity index (χ3v) is 3.13. The fraction of sp³-hybridized carbons (Fsp3) is 0.500. The molecule has 0 spiro atoms. The molecule has 2 aromatic rings. The Balaban J connectivity index is 2.02. The standard InChI is InChI=1S/C12H18N6O2/c1-3-18-11(8(2)15-17-18)7-13-10(12(19)20)6-9-4-5-14-16-9/h4-5,10,13H,3,6-7H2,1-2H3,(H,14,16)(H,19,20). The van der Waals surface area contributed by atoms with Crippen LogP contribution >= 0.6 is 0 Å². The Morgan fingerprint density at radius 3 is 3.00 bits per heavy atom. The van der Waals surface area contributed by atoms with Crippen molar-refractivity contribution in [3.05, 3.63) is 29.3 Å². The minimum absolute atomic E-state index is 0.349. The van der Waals surface area contributed by atoms with E-state index in [4.69, 9.17) is 0 Å². The highest BCUT2D eigenvalue weighted by atomic mass is 16.4. The maximum atomic E-state index is 11.3. The summed E-state index contributed by atoms with van der Waals surface area (Å²) in [5.41, 5.74) is 2.50. The molecule has 0 bridgehead atoms. The number of nitrogens with zero attached hydrogens (tertiary/aromatic N) is 4. The highest BCUT2D eigenvalue weighted by Gasteiger charge is 2.19. The Morgan fingerprint density at radius 2 is 2.40 bits per heavy atom. The van der Waals surface area contributed by atoms with E-state index in [2.05, 4.69) is 25.8 Å². The van der Waals surface area contributed by atoms with Crippen molar-refractivity contribution < 1.29 is 9.90 Å². The molecule has 0 radical (unpaired) electrons. The quantitative estimate of drug-likeness (QED) is 0.663. The molecule has 2 heterocycles. The number of H-pyrrole nitrogens is 1. The number of carbonyl (C=O) groups is 1. The van der Waals surface area contributed by atoms with Crippen LogP contribution in [0.5, 0.6) is 0 Å². The molecule has 108 valence electrons. The van der Waals surface area contributed by atoms with Crippen molar-refractivity contribution in [3.8, 4) is 0 Å². The zero-order valence-corrected chi connectivity index (χ0v) is 11.5. The highest BCUT2D eigenvalue weighted by molar-refractivity contribution is 5.73. The summed E-state index contributed by atoms with van der Waals surface area (Å²) in [5, 5.41) is 26.9. The molecule has 0 aliphatic rings. The number of aliphatic carboxylic acids is 1. The molecule has 8 heteroatoms. The smallest absolute Gasteiger partial charge is 0.321 e. The first kappa shape index (κ1) is 14.2. The van der Waals surface area contributed by atoms with Crippen LogP contribution in [0.25, 0.3) is 0 Å². The normalized spacial score (nSPS) is 12.5. The molecule has 8 nitrogen and oxygen atoms in total. The van der Waals surface area contributed by atoms with Gasteiger partial charge in [0, 0.05) is 31.4 Å². The molecule has 3 N–H and O–H groups in total. The second kappa shape index (κ2) is 6.29. The number of aryl methyl sites for hydroxylation is 2. The second-order valence-corrected chi connectivity index (χ2v) is 4.50. The molecule has 0 aromatic carbocycles. The van der Waals surface area contributed by atoms with E-state index in [-0.39, 0.29) is 0 Å². The molecule has 1 unspecified atom stereocenters. The molecule has 0 amide bonds. The van der Waals surface area contributed by atoms with Crippen molar-refractivity contribution >= 4 is 5.97 Å². The summed E-state index contributed by atoms with van der Waals surface area (Å²) in [6.45, 7) is 4.95. The van der Waals surface area contributed by atoms with Crippen LogP contribution in [0.4, 0.5) is 0 Å². The van der Waals surface area contributed by atoms with Gasteiger partial charge in [-0.1, -0.05) is 5.21 Å². The minimum Gasteiger partial charge on any atom is -0.480 e. The lowest BCUT2D eigenvalue weighted by atomic mass is 10.1. The number of hydrogen-bond acceptors (Lipinski definition) is 5. The molecule has 2 rings (SSSR count). The highest BCUT2D eigenvalue weighted by Crippen LogP contribution is 2.06. The summed E-state index contributed by atoms with van der Waals surface area (Å²) in [7, 11) is 0. The fourth-order valence-electron chi connectivity index (χ4n) is 1.98. The van der Waals surface area contributed by atoms with Crippen LogP contribution in [0.1, 0.15) is 24.0 Å². The summed E-state index contributed by atoms with van der Waals surface area (Å²) in [6, 6.07) is 1.08. The van der Waals surface area contributed by atoms with Gasteiger partial charge in [0.05, 0.1) is 11.4 Å². The third-order valence-electron chi connectivity index (χ3n) is 3.13. The number of aromatic amines is 1. The predicted octanol–water partition coefficient (Wildman–Crippen LogP) is 0.115. The molecular formula is C12H18N6O2. The molecular weight excluding hydrogens is 260 g/mol. The summed E-state index contributed by atoms with van der Waals surface area (Å²) in [6.07, 6.45) is 1.95. The van der Waals surface area contributed by atoms with Gasteiger partial charge in [0.25, 0.3) is 0 Å². The van der Waals surface area contributed by atoms with Crippen LogP contribution in [-0.4, -0.2) is 42.3 Å². The third kappa shape index (κ3) is 3.21. The first-order valence-corrected chi connectivity index (χ1v) is 6.45. The number of hydrogen-bond donors (Lipinski definition) is 3. The van der Waals surface area contributed by atoms with Gasteiger partial charge in [-0.25, -0.2) is 4.68 Å². The SMILES string of the molecule is CCn1nnc(C)c1CNC(Cc1ccn[nH]1)C(=O)O. The van der Waals surface area contributed by atoms with Crippen molar-refractivity contribution in [2.75, 3.05) is 0 Å². The second-order valence-electron chi connectivity index (χ2n) is 4.50. The summed E-state index contributed by atoms with van der Waals surface area (Å²) in [5.74, 6) is -0.896. The van der Waals surface area contributed by atoms with E-state index in [1.54, 1.807) is 16.9 Å². The van der Waals surface area contributed by atoms with Gasteiger partial charge >= 0.3 is 5.97 Å². The Kier molecular flexibility index (Phi) is 4.46. The van der Waals surface area contributed by atoms with Crippen molar-refractivity contribution in [2.45, 2.75) is 39.4 Å². The van der Waals surface area contributed by atoms with E-state index in [1.165, 1.54) is 0 Å². The lowest BCUT2D eigenvalue weighted by molar-refractivity contribution is -0.139. The first-order chi connectivity index (χ1) is 9.61. The van der Waals surface area contributed by atoms with Crippen LogP contribution in [0.3, 0.4) is 0 Å². The number of nitrogens with one attached hydrogen (secondary N) is 2. The average molecular weight is 278 g/mol. The fourth-order valence-corrected chi connectivity index (χ4v) is 1.98. The van der Waals surface area contributed by atoms with Gasteiger partial charge in [0.1, 0.15) is 6.04 Å².